The van der Waals surface area contributed by atoms with Gasteiger partial charge in [0.25, 0.3) is 5.56 Å². The van der Waals surface area contributed by atoms with Crippen LogP contribution in [-0.4, -0.2) is 21.4 Å². The summed E-state index contributed by atoms with van der Waals surface area (Å²) in [6.45, 7) is 3.48. The summed E-state index contributed by atoms with van der Waals surface area (Å²) < 4.78 is 20.7. The van der Waals surface area contributed by atoms with E-state index in [4.69, 9.17) is 4.74 Å². The predicted octanol–water partition coefficient (Wildman–Crippen LogP) is 2.11. The number of aliphatic hydroxyl groups is 1. The van der Waals surface area contributed by atoms with Gasteiger partial charge < -0.3 is 14.4 Å². The lowest BCUT2D eigenvalue weighted by atomic mass is 9.86. The van der Waals surface area contributed by atoms with Gasteiger partial charge in [0.1, 0.15) is 23.3 Å². The van der Waals surface area contributed by atoms with E-state index in [2.05, 4.69) is 0 Å². The van der Waals surface area contributed by atoms with E-state index in [1.54, 1.807) is 32.2 Å². The SMILES string of the molecule is CC1(C)Oc2ccc(F)cc2C(n2ccccc2=O)C1O. The summed E-state index contributed by atoms with van der Waals surface area (Å²) in [4.78, 5) is 12.1. The number of aromatic nitrogens is 1. The maximum atomic E-state index is 13.6. The van der Waals surface area contributed by atoms with Crippen LogP contribution >= 0.6 is 0 Å². The number of aliphatic hydroxyl groups excluding tert-OH is 1. The molecular weight excluding hydrogens is 273 g/mol. The van der Waals surface area contributed by atoms with Crippen molar-refractivity contribution < 1.29 is 14.2 Å². The van der Waals surface area contributed by atoms with Gasteiger partial charge in [-0.25, -0.2) is 4.39 Å². The first-order valence-corrected chi connectivity index (χ1v) is 6.74. The third-order valence-electron chi connectivity index (χ3n) is 3.83. The highest BCUT2D eigenvalue weighted by molar-refractivity contribution is 5.41. The van der Waals surface area contributed by atoms with Crippen molar-refractivity contribution in [2.75, 3.05) is 0 Å². The van der Waals surface area contributed by atoms with Crippen molar-refractivity contribution in [2.45, 2.75) is 31.6 Å². The third kappa shape index (κ3) is 2.23. The molecule has 3 rings (SSSR count). The highest BCUT2D eigenvalue weighted by atomic mass is 19.1. The van der Waals surface area contributed by atoms with Crippen LogP contribution in [0.25, 0.3) is 0 Å². The largest absolute Gasteiger partial charge is 0.485 e. The quantitative estimate of drug-likeness (QED) is 0.875. The molecule has 21 heavy (non-hydrogen) atoms. The minimum absolute atomic E-state index is 0.255. The molecular formula is C16H16FNO3. The van der Waals surface area contributed by atoms with E-state index in [0.717, 1.165) is 0 Å². The number of benzene rings is 1. The van der Waals surface area contributed by atoms with Crippen molar-refractivity contribution in [1.82, 2.24) is 4.57 Å². The van der Waals surface area contributed by atoms with Gasteiger partial charge in [0, 0.05) is 17.8 Å². The Labute approximate surface area is 121 Å². The summed E-state index contributed by atoms with van der Waals surface area (Å²) in [7, 11) is 0. The van der Waals surface area contributed by atoms with Crippen LogP contribution in [0.5, 0.6) is 5.75 Å². The molecule has 2 atom stereocenters. The van der Waals surface area contributed by atoms with Crippen LogP contribution in [0.2, 0.25) is 0 Å². The highest BCUT2D eigenvalue weighted by Crippen LogP contribution is 2.41. The Balaban J connectivity index is 2.25. The molecule has 2 heterocycles. The van der Waals surface area contributed by atoms with E-state index in [-0.39, 0.29) is 5.56 Å². The minimum atomic E-state index is -0.980. The molecule has 1 aromatic heterocycles. The molecule has 0 aliphatic carbocycles. The molecule has 0 bridgehead atoms. The van der Waals surface area contributed by atoms with Crippen LogP contribution in [-0.2, 0) is 0 Å². The Morgan fingerprint density at radius 1 is 1.29 bits per heavy atom. The van der Waals surface area contributed by atoms with Crippen molar-refractivity contribution >= 4 is 0 Å². The van der Waals surface area contributed by atoms with E-state index < -0.39 is 23.6 Å². The van der Waals surface area contributed by atoms with E-state index in [0.29, 0.717) is 11.3 Å². The molecule has 0 spiro atoms. The zero-order valence-corrected chi connectivity index (χ0v) is 11.8. The fourth-order valence-electron chi connectivity index (χ4n) is 2.71. The molecule has 1 aromatic carbocycles. The molecule has 0 saturated carbocycles. The Kier molecular flexibility index (Phi) is 3.10. The number of rotatable bonds is 1. The van der Waals surface area contributed by atoms with Crippen LogP contribution in [0, 0.1) is 5.82 Å². The van der Waals surface area contributed by atoms with Gasteiger partial charge >= 0.3 is 0 Å². The molecule has 2 aromatic rings. The molecule has 0 fully saturated rings. The molecule has 0 amide bonds. The maximum absolute atomic E-state index is 13.6. The van der Waals surface area contributed by atoms with Gasteiger partial charge in [0.05, 0.1) is 6.04 Å². The van der Waals surface area contributed by atoms with Gasteiger partial charge in [-0.05, 0) is 38.1 Å². The van der Waals surface area contributed by atoms with E-state index in [9.17, 15) is 14.3 Å². The molecule has 1 aliphatic heterocycles. The summed E-state index contributed by atoms with van der Waals surface area (Å²) in [6, 6.07) is 8.19. The molecule has 4 nitrogen and oxygen atoms in total. The van der Waals surface area contributed by atoms with Gasteiger partial charge in [-0.2, -0.15) is 0 Å². The average Bonchev–Trinajstić information content (AvgIpc) is 2.42. The van der Waals surface area contributed by atoms with Crippen LogP contribution < -0.4 is 10.3 Å². The van der Waals surface area contributed by atoms with Crippen molar-refractivity contribution in [2.24, 2.45) is 0 Å². The minimum Gasteiger partial charge on any atom is -0.485 e. The standard InChI is InChI=1S/C16H16FNO3/c1-16(2)15(20)14(18-8-4-3-5-13(18)19)11-9-10(17)6-7-12(11)21-16/h3-9,14-15,20H,1-2H3. The lowest BCUT2D eigenvalue weighted by molar-refractivity contribution is -0.0644. The van der Waals surface area contributed by atoms with E-state index >= 15 is 0 Å². The Morgan fingerprint density at radius 3 is 2.76 bits per heavy atom. The third-order valence-corrected chi connectivity index (χ3v) is 3.83. The second kappa shape index (κ2) is 4.70. The zero-order valence-electron chi connectivity index (χ0n) is 11.8. The lowest BCUT2D eigenvalue weighted by Gasteiger charge is -2.42. The zero-order chi connectivity index (χ0) is 15.2. The smallest absolute Gasteiger partial charge is 0.251 e. The molecule has 0 radical (unpaired) electrons. The Morgan fingerprint density at radius 2 is 2.05 bits per heavy atom. The molecule has 1 aliphatic rings. The second-order valence-corrected chi connectivity index (χ2v) is 5.72. The molecule has 0 saturated heterocycles. The van der Waals surface area contributed by atoms with Crippen molar-refractivity contribution in [1.29, 1.82) is 0 Å². The second-order valence-electron chi connectivity index (χ2n) is 5.72. The van der Waals surface area contributed by atoms with Crippen LogP contribution in [0.1, 0.15) is 25.5 Å². The van der Waals surface area contributed by atoms with Crippen molar-refractivity contribution in [3.8, 4) is 5.75 Å². The summed E-state index contributed by atoms with van der Waals surface area (Å²) >= 11 is 0. The fraction of sp³-hybridized carbons (Fsp3) is 0.312. The number of nitrogens with zero attached hydrogens (tertiary/aromatic N) is 1. The number of hydrogen-bond acceptors (Lipinski definition) is 3. The van der Waals surface area contributed by atoms with Gasteiger partial charge in [-0.1, -0.05) is 6.07 Å². The Hall–Kier alpha value is -2.14. The maximum Gasteiger partial charge on any atom is 0.251 e. The van der Waals surface area contributed by atoms with Gasteiger partial charge in [-0.15, -0.1) is 0 Å². The summed E-state index contributed by atoms with van der Waals surface area (Å²) in [6.07, 6.45) is 0.610. The fourth-order valence-corrected chi connectivity index (χ4v) is 2.71. The summed E-state index contributed by atoms with van der Waals surface area (Å²) in [5.74, 6) is 0.0469. The van der Waals surface area contributed by atoms with Gasteiger partial charge in [0.15, 0.2) is 0 Å². The monoisotopic (exact) mass is 289 g/mol. The number of fused-ring (bicyclic) bond motifs is 1. The van der Waals surface area contributed by atoms with Crippen LogP contribution in [0.15, 0.2) is 47.4 Å². The average molecular weight is 289 g/mol. The number of halogens is 1. The highest BCUT2D eigenvalue weighted by Gasteiger charge is 2.44. The Bertz CT molecular complexity index is 738. The predicted molar refractivity (Wildman–Crippen MR) is 76.0 cm³/mol. The van der Waals surface area contributed by atoms with Crippen molar-refractivity contribution in [3.05, 3.63) is 64.3 Å². The van der Waals surface area contributed by atoms with Crippen LogP contribution in [0.3, 0.4) is 0 Å². The number of ether oxygens (including phenoxy) is 1. The van der Waals surface area contributed by atoms with Gasteiger partial charge in [-0.3, -0.25) is 4.79 Å². The topological polar surface area (TPSA) is 51.5 Å². The first-order valence-electron chi connectivity index (χ1n) is 6.74. The van der Waals surface area contributed by atoms with Gasteiger partial charge in [0.2, 0.25) is 0 Å². The summed E-state index contributed by atoms with van der Waals surface area (Å²) in [5.41, 5.74) is -0.672. The number of hydrogen-bond donors (Lipinski definition) is 1. The molecule has 5 heteroatoms. The van der Waals surface area contributed by atoms with Crippen LogP contribution in [0.4, 0.5) is 4.39 Å². The molecule has 1 N–H and O–H groups in total. The molecule has 110 valence electrons. The first-order chi connectivity index (χ1) is 9.90. The number of pyridine rings is 1. The normalized spacial score (nSPS) is 23.2. The first kappa shape index (κ1) is 13.8. The lowest BCUT2D eigenvalue weighted by Crippen LogP contribution is -2.52. The van der Waals surface area contributed by atoms with Crippen molar-refractivity contribution in [3.63, 3.8) is 0 Å². The summed E-state index contributed by atoms with van der Waals surface area (Å²) in [5, 5.41) is 10.6. The van der Waals surface area contributed by atoms with E-state index in [1.165, 1.54) is 28.8 Å². The molecule has 2 unspecified atom stereocenters. The van der Waals surface area contributed by atoms with E-state index in [1.807, 2.05) is 0 Å².